The number of aryl methyl sites for hydroxylation is 2. The molecule has 2 N–H and O–H groups in total. The van der Waals surface area contributed by atoms with Crippen LogP contribution >= 0.6 is 27.3 Å². The van der Waals surface area contributed by atoms with Crippen molar-refractivity contribution in [3.63, 3.8) is 0 Å². The maximum atomic E-state index is 12.4. The molecule has 2 amide bonds. The van der Waals surface area contributed by atoms with Crippen molar-refractivity contribution in [1.82, 2.24) is 4.98 Å². The van der Waals surface area contributed by atoms with E-state index in [1.807, 2.05) is 13.8 Å². The molecule has 110 valence electrons. The van der Waals surface area contributed by atoms with Crippen molar-refractivity contribution in [3.8, 4) is 0 Å². The largest absolute Gasteiger partial charge is 0.326 e. The standard InChI is InChI=1S/C14H14BrN3O2S/c1-7-8(2)21-14(16-7)18-13(20)11-6-10(15)4-5-12(11)17-9(3)19/h4-6H,1-3H3,(H,17,19)(H,16,18,20). The molecular formula is C14H14BrN3O2S. The Balaban J connectivity index is 2.29. The van der Waals surface area contributed by atoms with Gasteiger partial charge in [-0.15, -0.1) is 11.3 Å². The van der Waals surface area contributed by atoms with E-state index in [0.717, 1.165) is 15.0 Å². The Morgan fingerprint density at radius 3 is 2.52 bits per heavy atom. The average molecular weight is 368 g/mol. The zero-order valence-corrected chi connectivity index (χ0v) is 14.2. The van der Waals surface area contributed by atoms with Crippen molar-refractivity contribution in [2.45, 2.75) is 20.8 Å². The van der Waals surface area contributed by atoms with Crippen LogP contribution in [0.3, 0.4) is 0 Å². The Morgan fingerprint density at radius 1 is 1.24 bits per heavy atom. The first-order valence-corrected chi connectivity index (χ1v) is 7.80. The molecule has 7 heteroatoms. The van der Waals surface area contributed by atoms with Crippen LogP contribution in [-0.2, 0) is 4.79 Å². The fraction of sp³-hybridized carbons (Fsp3) is 0.214. The van der Waals surface area contributed by atoms with Crippen molar-refractivity contribution >= 4 is 49.9 Å². The average Bonchev–Trinajstić information content (AvgIpc) is 2.69. The predicted molar refractivity (Wildman–Crippen MR) is 88.0 cm³/mol. The molecule has 1 heterocycles. The second-order valence-electron chi connectivity index (χ2n) is 4.49. The molecule has 0 fully saturated rings. The molecule has 0 aliphatic carbocycles. The van der Waals surface area contributed by atoms with Gasteiger partial charge in [-0.1, -0.05) is 15.9 Å². The lowest BCUT2D eigenvalue weighted by molar-refractivity contribution is -0.114. The fourth-order valence-electron chi connectivity index (χ4n) is 1.69. The highest BCUT2D eigenvalue weighted by Crippen LogP contribution is 2.25. The zero-order valence-electron chi connectivity index (χ0n) is 11.8. The molecule has 2 rings (SSSR count). The van der Waals surface area contributed by atoms with Gasteiger partial charge in [0.05, 0.1) is 16.9 Å². The van der Waals surface area contributed by atoms with Crippen molar-refractivity contribution in [3.05, 3.63) is 38.8 Å². The highest BCUT2D eigenvalue weighted by atomic mass is 79.9. The van der Waals surface area contributed by atoms with E-state index in [2.05, 4.69) is 31.5 Å². The number of thiazole rings is 1. The van der Waals surface area contributed by atoms with Crippen LogP contribution in [0.25, 0.3) is 0 Å². The number of hydrogen-bond acceptors (Lipinski definition) is 4. The molecule has 0 unspecified atom stereocenters. The first-order valence-electron chi connectivity index (χ1n) is 6.19. The third kappa shape index (κ3) is 3.89. The van der Waals surface area contributed by atoms with Gasteiger partial charge in [-0.25, -0.2) is 4.98 Å². The van der Waals surface area contributed by atoms with Crippen LogP contribution in [0.15, 0.2) is 22.7 Å². The Morgan fingerprint density at radius 2 is 1.95 bits per heavy atom. The molecule has 0 aliphatic rings. The fourth-order valence-corrected chi connectivity index (χ4v) is 2.86. The third-order valence-electron chi connectivity index (χ3n) is 2.79. The summed E-state index contributed by atoms with van der Waals surface area (Å²) in [5, 5.41) is 5.95. The van der Waals surface area contributed by atoms with Crippen LogP contribution in [-0.4, -0.2) is 16.8 Å². The van der Waals surface area contributed by atoms with Crippen LogP contribution in [0.4, 0.5) is 10.8 Å². The van der Waals surface area contributed by atoms with Gasteiger partial charge in [0.1, 0.15) is 0 Å². The summed E-state index contributed by atoms with van der Waals surface area (Å²) >= 11 is 4.75. The zero-order chi connectivity index (χ0) is 15.6. The van der Waals surface area contributed by atoms with Crippen molar-refractivity contribution in [1.29, 1.82) is 0 Å². The van der Waals surface area contributed by atoms with E-state index in [9.17, 15) is 9.59 Å². The molecule has 0 saturated carbocycles. The van der Waals surface area contributed by atoms with Crippen LogP contribution in [0, 0.1) is 13.8 Å². The second-order valence-corrected chi connectivity index (χ2v) is 6.60. The molecule has 0 atom stereocenters. The number of hydrogen-bond donors (Lipinski definition) is 2. The monoisotopic (exact) mass is 367 g/mol. The van der Waals surface area contributed by atoms with Gasteiger partial charge in [0.25, 0.3) is 5.91 Å². The minimum Gasteiger partial charge on any atom is -0.326 e. The lowest BCUT2D eigenvalue weighted by Crippen LogP contribution is -2.16. The summed E-state index contributed by atoms with van der Waals surface area (Å²) in [6.07, 6.45) is 0. The Bertz CT molecular complexity index is 693. The minimum absolute atomic E-state index is 0.229. The molecule has 2 aromatic rings. The highest BCUT2D eigenvalue weighted by Gasteiger charge is 2.15. The van der Waals surface area contributed by atoms with Crippen molar-refractivity contribution in [2.24, 2.45) is 0 Å². The van der Waals surface area contributed by atoms with E-state index in [-0.39, 0.29) is 11.8 Å². The number of amides is 2. The van der Waals surface area contributed by atoms with Crippen LogP contribution in [0.2, 0.25) is 0 Å². The number of benzene rings is 1. The highest BCUT2D eigenvalue weighted by molar-refractivity contribution is 9.10. The Hall–Kier alpha value is -1.73. The lowest BCUT2D eigenvalue weighted by atomic mass is 10.1. The first kappa shape index (κ1) is 15.7. The normalized spacial score (nSPS) is 10.3. The van der Waals surface area contributed by atoms with Crippen LogP contribution in [0.5, 0.6) is 0 Å². The number of carbonyl (C=O) groups excluding carboxylic acids is 2. The molecule has 1 aromatic carbocycles. The number of nitrogens with one attached hydrogen (secondary N) is 2. The van der Waals surface area contributed by atoms with Crippen molar-refractivity contribution in [2.75, 3.05) is 10.6 Å². The quantitative estimate of drug-likeness (QED) is 0.867. The number of rotatable bonds is 3. The molecule has 0 spiro atoms. The van der Waals surface area contributed by atoms with Gasteiger partial charge < -0.3 is 5.32 Å². The maximum absolute atomic E-state index is 12.4. The van der Waals surface area contributed by atoms with Crippen LogP contribution < -0.4 is 10.6 Å². The summed E-state index contributed by atoms with van der Waals surface area (Å²) in [5.41, 5.74) is 1.74. The Labute approximate surface area is 134 Å². The van der Waals surface area contributed by atoms with Gasteiger partial charge in [0.2, 0.25) is 5.91 Å². The summed E-state index contributed by atoms with van der Waals surface area (Å²) in [4.78, 5) is 28.9. The maximum Gasteiger partial charge on any atom is 0.259 e. The van der Waals surface area contributed by atoms with Gasteiger partial charge in [0.15, 0.2) is 5.13 Å². The first-order chi connectivity index (χ1) is 9.86. The smallest absolute Gasteiger partial charge is 0.259 e. The SMILES string of the molecule is CC(=O)Nc1ccc(Br)cc1C(=O)Nc1nc(C)c(C)s1. The Kier molecular flexibility index (Phi) is 4.74. The van der Waals surface area contributed by atoms with Gasteiger partial charge in [0, 0.05) is 16.3 Å². The van der Waals surface area contributed by atoms with Crippen LogP contribution in [0.1, 0.15) is 27.9 Å². The number of anilines is 2. The summed E-state index contributed by atoms with van der Waals surface area (Å²) in [6.45, 7) is 5.24. The van der Waals surface area contributed by atoms with Gasteiger partial charge in [-0.2, -0.15) is 0 Å². The van der Waals surface area contributed by atoms with E-state index >= 15 is 0 Å². The van der Waals surface area contributed by atoms with E-state index in [1.54, 1.807) is 18.2 Å². The molecule has 0 radical (unpaired) electrons. The molecular weight excluding hydrogens is 354 g/mol. The van der Waals surface area contributed by atoms with E-state index in [4.69, 9.17) is 0 Å². The topological polar surface area (TPSA) is 71.1 Å². The third-order valence-corrected chi connectivity index (χ3v) is 4.27. The van der Waals surface area contributed by atoms with Crippen molar-refractivity contribution < 1.29 is 9.59 Å². The van der Waals surface area contributed by atoms with E-state index < -0.39 is 0 Å². The second kappa shape index (κ2) is 6.36. The molecule has 5 nitrogen and oxygen atoms in total. The molecule has 0 bridgehead atoms. The number of halogens is 1. The van der Waals surface area contributed by atoms with E-state index in [1.165, 1.54) is 18.3 Å². The summed E-state index contributed by atoms with van der Waals surface area (Å²) in [5.74, 6) is -0.541. The molecule has 0 aliphatic heterocycles. The van der Waals surface area contributed by atoms with Gasteiger partial charge in [-0.3, -0.25) is 14.9 Å². The van der Waals surface area contributed by atoms with Gasteiger partial charge >= 0.3 is 0 Å². The van der Waals surface area contributed by atoms with E-state index in [0.29, 0.717) is 16.4 Å². The van der Waals surface area contributed by atoms with Gasteiger partial charge in [-0.05, 0) is 32.0 Å². The minimum atomic E-state index is -0.311. The summed E-state index contributed by atoms with van der Waals surface area (Å²) < 4.78 is 0.758. The number of nitrogens with zero attached hydrogens (tertiary/aromatic N) is 1. The number of aromatic nitrogens is 1. The summed E-state index contributed by atoms with van der Waals surface area (Å²) in [6, 6.07) is 5.10. The molecule has 0 saturated heterocycles. The molecule has 21 heavy (non-hydrogen) atoms. The summed E-state index contributed by atoms with van der Waals surface area (Å²) in [7, 11) is 0. The molecule has 1 aromatic heterocycles. The predicted octanol–water partition coefficient (Wildman–Crippen LogP) is 3.73. The number of carbonyl (C=O) groups is 2. The lowest BCUT2D eigenvalue weighted by Gasteiger charge is -2.09.